The Labute approximate surface area is 118 Å². The minimum Gasteiger partial charge on any atom is -0.465 e. The number of carbonyl (C=O) groups excluding carboxylic acids is 1. The second-order valence-corrected chi connectivity index (χ2v) is 5.06. The average molecular weight is 271 g/mol. The number of esters is 1. The molecule has 2 atom stereocenters. The maximum atomic E-state index is 12.5. The average Bonchev–Trinajstić information content (AvgIpc) is 2.59. The molecule has 0 unspecified atom stereocenters. The van der Waals surface area contributed by atoms with Crippen LogP contribution in [0.25, 0.3) is 5.57 Å². The third-order valence-electron chi connectivity index (χ3n) is 4.09. The van der Waals surface area contributed by atoms with Gasteiger partial charge in [0.15, 0.2) is 0 Å². The molecule has 4 nitrogen and oxygen atoms in total. The topological polar surface area (TPSA) is 70.3 Å². The molecule has 1 aromatic rings. The molecule has 104 valence electrons. The lowest BCUT2D eigenvalue weighted by Crippen LogP contribution is -2.46. The summed E-state index contributed by atoms with van der Waals surface area (Å²) < 4.78 is 5.11. The van der Waals surface area contributed by atoms with Gasteiger partial charge in [-0.1, -0.05) is 30.8 Å². The van der Waals surface area contributed by atoms with Gasteiger partial charge in [-0.05, 0) is 30.5 Å². The lowest BCUT2D eigenvalue weighted by molar-refractivity contribution is -0.164. The highest BCUT2D eigenvalue weighted by Crippen LogP contribution is 2.58. The highest BCUT2D eigenvalue weighted by molar-refractivity contribution is 5.98. The first-order valence-electron chi connectivity index (χ1n) is 6.49. The van der Waals surface area contributed by atoms with Gasteiger partial charge in [-0.3, -0.25) is 4.79 Å². The smallest absolute Gasteiger partial charge is 0.320 e. The zero-order valence-corrected chi connectivity index (χ0v) is 11.6. The van der Waals surface area contributed by atoms with E-state index in [2.05, 4.69) is 6.58 Å². The zero-order valence-electron chi connectivity index (χ0n) is 11.6. The van der Waals surface area contributed by atoms with E-state index in [-0.39, 0.29) is 13.0 Å². The van der Waals surface area contributed by atoms with E-state index >= 15 is 0 Å². The molecule has 1 N–H and O–H groups in total. The molecular formula is C16H17NO3. The predicted molar refractivity (Wildman–Crippen MR) is 74.3 cm³/mol. The molecule has 0 saturated heterocycles. The molecule has 1 aromatic carbocycles. The number of rotatable bonds is 3. The molecule has 0 saturated carbocycles. The number of carbonyl (C=O) groups is 1. The Balaban J connectivity index is 2.69. The van der Waals surface area contributed by atoms with E-state index in [1.165, 1.54) is 6.92 Å². The SMILES string of the molecule is C=C1c2ccccc2[C@@](C)(O)[C@@]1(CC#N)C(=O)OCC. The number of ether oxygens (including phenoxy) is 1. The van der Waals surface area contributed by atoms with Crippen molar-refractivity contribution in [3.63, 3.8) is 0 Å². The number of nitriles is 1. The fourth-order valence-electron chi connectivity index (χ4n) is 2.97. The molecule has 1 aliphatic carbocycles. The molecule has 0 amide bonds. The molecule has 0 radical (unpaired) electrons. The summed E-state index contributed by atoms with van der Waals surface area (Å²) in [7, 11) is 0. The number of hydrogen-bond acceptors (Lipinski definition) is 4. The summed E-state index contributed by atoms with van der Waals surface area (Å²) in [5.74, 6) is -0.604. The van der Waals surface area contributed by atoms with Crippen molar-refractivity contribution in [2.24, 2.45) is 5.41 Å². The Hall–Kier alpha value is -2.12. The second-order valence-electron chi connectivity index (χ2n) is 5.06. The van der Waals surface area contributed by atoms with Gasteiger partial charge in [-0.25, -0.2) is 0 Å². The molecule has 0 aromatic heterocycles. The van der Waals surface area contributed by atoms with Crippen molar-refractivity contribution in [1.29, 1.82) is 5.26 Å². The molecule has 2 rings (SSSR count). The van der Waals surface area contributed by atoms with Gasteiger partial charge in [-0.2, -0.15) is 5.26 Å². The van der Waals surface area contributed by atoms with Crippen LogP contribution in [0, 0.1) is 16.7 Å². The van der Waals surface area contributed by atoms with Crippen molar-refractivity contribution in [2.75, 3.05) is 6.61 Å². The summed E-state index contributed by atoms with van der Waals surface area (Å²) >= 11 is 0. The standard InChI is InChI=1S/C16H17NO3/c1-4-20-14(18)16(9-10-17)11(2)12-7-5-6-8-13(12)15(16,3)19/h5-8,19H,2,4,9H2,1,3H3/t15-,16-/m1/s1. The van der Waals surface area contributed by atoms with Crippen LogP contribution >= 0.6 is 0 Å². The summed E-state index contributed by atoms with van der Waals surface area (Å²) in [4.78, 5) is 12.5. The monoisotopic (exact) mass is 271 g/mol. The lowest BCUT2D eigenvalue weighted by Gasteiger charge is -2.37. The summed E-state index contributed by atoms with van der Waals surface area (Å²) in [6.07, 6.45) is -0.174. The molecule has 4 heteroatoms. The van der Waals surface area contributed by atoms with E-state index in [0.29, 0.717) is 16.7 Å². The van der Waals surface area contributed by atoms with E-state index in [1.54, 1.807) is 25.1 Å². The van der Waals surface area contributed by atoms with E-state index < -0.39 is 17.0 Å². The number of aliphatic hydroxyl groups is 1. The van der Waals surface area contributed by atoms with Gasteiger partial charge in [0.1, 0.15) is 11.0 Å². The van der Waals surface area contributed by atoms with Crippen molar-refractivity contribution in [3.8, 4) is 6.07 Å². The Kier molecular flexibility index (Phi) is 3.41. The van der Waals surface area contributed by atoms with Crippen LogP contribution in [0.3, 0.4) is 0 Å². The minimum absolute atomic E-state index is 0.174. The Morgan fingerprint density at radius 2 is 2.15 bits per heavy atom. The number of benzene rings is 1. The van der Waals surface area contributed by atoms with Crippen LogP contribution in [0.4, 0.5) is 0 Å². The van der Waals surface area contributed by atoms with E-state index in [1.807, 2.05) is 12.1 Å². The fraction of sp³-hybridized carbons (Fsp3) is 0.375. The maximum Gasteiger partial charge on any atom is 0.320 e. The Morgan fingerprint density at radius 1 is 1.50 bits per heavy atom. The molecule has 20 heavy (non-hydrogen) atoms. The Morgan fingerprint density at radius 3 is 2.70 bits per heavy atom. The highest BCUT2D eigenvalue weighted by atomic mass is 16.5. The molecule has 1 aliphatic rings. The Bertz CT molecular complexity index is 612. The lowest BCUT2D eigenvalue weighted by atomic mass is 9.69. The molecule has 0 fully saturated rings. The van der Waals surface area contributed by atoms with Crippen molar-refractivity contribution in [2.45, 2.75) is 25.9 Å². The van der Waals surface area contributed by atoms with Crippen LogP contribution in [-0.2, 0) is 15.1 Å². The van der Waals surface area contributed by atoms with Gasteiger partial charge >= 0.3 is 5.97 Å². The van der Waals surface area contributed by atoms with E-state index in [4.69, 9.17) is 10.00 Å². The molecule has 0 heterocycles. The van der Waals surface area contributed by atoms with Crippen LogP contribution in [0.1, 0.15) is 31.4 Å². The van der Waals surface area contributed by atoms with Gasteiger partial charge in [0.25, 0.3) is 0 Å². The zero-order chi connectivity index (χ0) is 15.0. The predicted octanol–water partition coefficient (Wildman–Crippen LogP) is 2.38. The highest BCUT2D eigenvalue weighted by Gasteiger charge is 2.62. The van der Waals surface area contributed by atoms with Gasteiger partial charge in [0.05, 0.1) is 19.1 Å². The molecule has 0 aliphatic heterocycles. The number of nitrogens with zero attached hydrogens (tertiary/aromatic N) is 1. The normalized spacial score (nSPS) is 27.8. The van der Waals surface area contributed by atoms with Crippen molar-refractivity contribution in [3.05, 3.63) is 42.0 Å². The van der Waals surface area contributed by atoms with Crippen LogP contribution in [-0.4, -0.2) is 17.7 Å². The van der Waals surface area contributed by atoms with Crippen molar-refractivity contribution >= 4 is 11.5 Å². The summed E-state index contributed by atoms with van der Waals surface area (Å²) in [5.41, 5.74) is -1.20. The van der Waals surface area contributed by atoms with Gasteiger partial charge in [0, 0.05) is 0 Å². The van der Waals surface area contributed by atoms with Crippen LogP contribution < -0.4 is 0 Å². The summed E-state index contributed by atoms with van der Waals surface area (Å²) in [5, 5.41) is 20.1. The molecular weight excluding hydrogens is 254 g/mol. The first kappa shape index (κ1) is 14.3. The number of fused-ring (bicyclic) bond motifs is 1. The van der Waals surface area contributed by atoms with E-state index in [0.717, 1.165) is 0 Å². The molecule has 0 spiro atoms. The number of hydrogen-bond donors (Lipinski definition) is 1. The largest absolute Gasteiger partial charge is 0.465 e. The first-order chi connectivity index (χ1) is 9.43. The second kappa shape index (κ2) is 4.77. The van der Waals surface area contributed by atoms with Crippen LogP contribution in [0.5, 0.6) is 0 Å². The molecule has 0 bridgehead atoms. The third kappa shape index (κ3) is 1.60. The van der Waals surface area contributed by atoms with Gasteiger partial charge in [0.2, 0.25) is 0 Å². The quantitative estimate of drug-likeness (QED) is 0.857. The van der Waals surface area contributed by atoms with Crippen LogP contribution in [0.15, 0.2) is 30.8 Å². The summed E-state index contributed by atoms with van der Waals surface area (Å²) in [6.45, 7) is 7.37. The first-order valence-corrected chi connectivity index (χ1v) is 6.49. The third-order valence-corrected chi connectivity index (χ3v) is 4.09. The van der Waals surface area contributed by atoms with Gasteiger partial charge < -0.3 is 9.84 Å². The van der Waals surface area contributed by atoms with Crippen LogP contribution in [0.2, 0.25) is 0 Å². The van der Waals surface area contributed by atoms with E-state index in [9.17, 15) is 9.90 Å². The minimum atomic E-state index is -1.51. The maximum absolute atomic E-state index is 12.5. The fourth-order valence-corrected chi connectivity index (χ4v) is 2.97. The van der Waals surface area contributed by atoms with Crippen molar-refractivity contribution < 1.29 is 14.6 Å². The summed E-state index contributed by atoms with van der Waals surface area (Å²) in [6, 6.07) is 9.13. The van der Waals surface area contributed by atoms with Crippen molar-refractivity contribution in [1.82, 2.24) is 0 Å². The van der Waals surface area contributed by atoms with Gasteiger partial charge in [-0.15, -0.1) is 0 Å².